The molecule has 0 saturated heterocycles. The average Bonchev–Trinajstić information content (AvgIpc) is 2.89. The zero-order valence-electron chi connectivity index (χ0n) is 11.6. The molecule has 1 amide bonds. The summed E-state index contributed by atoms with van der Waals surface area (Å²) in [6.45, 7) is 0.107. The van der Waals surface area contributed by atoms with Crippen LogP contribution in [-0.2, 0) is 6.54 Å². The van der Waals surface area contributed by atoms with Gasteiger partial charge in [-0.15, -0.1) is 0 Å². The molecule has 3 rings (SSSR count). The van der Waals surface area contributed by atoms with E-state index in [4.69, 9.17) is 22.6 Å². The molecule has 0 aliphatic rings. The van der Waals surface area contributed by atoms with Crippen molar-refractivity contribution in [3.8, 4) is 6.07 Å². The van der Waals surface area contributed by atoms with Crippen LogP contribution in [0.1, 0.15) is 21.6 Å². The van der Waals surface area contributed by atoms with E-state index in [1.807, 2.05) is 6.07 Å². The van der Waals surface area contributed by atoms with Crippen molar-refractivity contribution in [2.75, 3.05) is 0 Å². The van der Waals surface area contributed by atoms with Gasteiger partial charge in [-0.25, -0.2) is 9.07 Å². The van der Waals surface area contributed by atoms with E-state index < -0.39 is 11.7 Å². The average molecular weight is 330 g/mol. The Morgan fingerprint density at radius 1 is 1.39 bits per heavy atom. The topological polar surface area (TPSA) is 97.6 Å². The van der Waals surface area contributed by atoms with Crippen LogP contribution < -0.4 is 5.73 Å². The number of nitriles is 1. The molecule has 23 heavy (non-hydrogen) atoms. The minimum Gasteiger partial charge on any atom is -0.365 e. The number of hydrogen-bond acceptors (Lipinski definition) is 4. The van der Waals surface area contributed by atoms with Crippen LogP contribution in [0.25, 0.3) is 10.9 Å². The molecule has 2 heterocycles. The quantitative estimate of drug-likeness (QED) is 0.796. The molecule has 2 N–H and O–H groups in total. The van der Waals surface area contributed by atoms with Gasteiger partial charge in [0.2, 0.25) is 0 Å². The van der Waals surface area contributed by atoms with Crippen molar-refractivity contribution in [1.82, 2.24) is 14.8 Å². The minimum absolute atomic E-state index is 0.0264. The monoisotopic (exact) mass is 329 g/mol. The molecule has 1 aromatic carbocycles. The SMILES string of the molecule is N#Cc1c(C(N)=O)cnn1Cc1cc(F)c2ncc(Cl)cc2c1. The van der Waals surface area contributed by atoms with Crippen LogP contribution in [0.5, 0.6) is 0 Å². The summed E-state index contributed by atoms with van der Waals surface area (Å²) in [5.74, 6) is -1.25. The number of benzene rings is 1. The van der Waals surface area contributed by atoms with Gasteiger partial charge in [-0.3, -0.25) is 9.78 Å². The van der Waals surface area contributed by atoms with Gasteiger partial charge >= 0.3 is 0 Å². The summed E-state index contributed by atoms with van der Waals surface area (Å²) >= 11 is 5.87. The molecule has 114 valence electrons. The number of amides is 1. The Morgan fingerprint density at radius 3 is 2.87 bits per heavy atom. The van der Waals surface area contributed by atoms with Gasteiger partial charge in [0.05, 0.1) is 23.3 Å². The van der Waals surface area contributed by atoms with E-state index in [0.29, 0.717) is 16.0 Å². The summed E-state index contributed by atoms with van der Waals surface area (Å²) in [5.41, 5.74) is 6.00. The van der Waals surface area contributed by atoms with Crippen molar-refractivity contribution in [3.05, 3.63) is 58.3 Å². The molecule has 0 aliphatic heterocycles. The van der Waals surface area contributed by atoms with Crippen LogP contribution in [0.15, 0.2) is 30.6 Å². The van der Waals surface area contributed by atoms with Gasteiger partial charge in [-0.2, -0.15) is 10.4 Å². The maximum Gasteiger partial charge on any atom is 0.253 e. The molecule has 0 saturated carbocycles. The smallest absolute Gasteiger partial charge is 0.253 e. The predicted octanol–water partition coefficient (Wildman–Crippen LogP) is 2.24. The van der Waals surface area contributed by atoms with Crippen LogP contribution in [-0.4, -0.2) is 20.7 Å². The summed E-state index contributed by atoms with van der Waals surface area (Å²) in [6, 6.07) is 6.48. The lowest BCUT2D eigenvalue weighted by Crippen LogP contribution is -2.13. The van der Waals surface area contributed by atoms with Crippen LogP contribution in [0.3, 0.4) is 0 Å². The molecule has 0 unspecified atom stereocenters. The number of fused-ring (bicyclic) bond motifs is 1. The Hall–Kier alpha value is -2.98. The first-order valence-corrected chi connectivity index (χ1v) is 6.87. The van der Waals surface area contributed by atoms with Gasteiger partial charge in [0.25, 0.3) is 5.91 Å². The largest absolute Gasteiger partial charge is 0.365 e. The van der Waals surface area contributed by atoms with E-state index >= 15 is 0 Å². The molecule has 0 bridgehead atoms. The molecule has 6 nitrogen and oxygen atoms in total. The third-order valence-corrected chi connectivity index (χ3v) is 3.51. The Morgan fingerprint density at radius 2 is 2.17 bits per heavy atom. The number of primary amides is 1. The van der Waals surface area contributed by atoms with Crippen LogP contribution in [0, 0.1) is 17.1 Å². The number of hydrogen-bond donors (Lipinski definition) is 1. The number of carbonyl (C=O) groups excluding carboxylic acids is 1. The fraction of sp³-hybridized carbons (Fsp3) is 0.0667. The highest BCUT2D eigenvalue weighted by molar-refractivity contribution is 6.31. The van der Waals surface area contributed by atoms with Crippen molar-refractivity contribution < 1.29 is 9.18 Å². The second-order valence-corrected chi connectivity index (χ2v) is 5.28. The summed E-state index contributed by atoms with van der Waals surface area (Å²) in [4.78, 5) is 15.2. The van der Waals surface area contributed by atoms with E-state index in [9.17, 15) is 9.18 Å². The molecule has 0 atom stereocenters. The number of nitrogens with zero attached hydrogens (tertiary/aromatic N) is 4. The number of carbonyl (C=O) groups is 1. The number of nitrogens with two attached hydrogens (primary N) is 1. The van der Waals surface area contributed by atoms with Gasteiger partial charge in [-0.05, 0) is 23.8 Å². The van der Waals surface area contributed by atoms with Crippen molar-refractivity contribution in [2.45, 2.75) is 6.54 Å². The van der Waals surface area contributed by atoms with Crippen molar-refractivity contribution in [2.24, 2.45) is 5.73 Å². The second-order valence-electron chi connectivity index (χ2n) is 4.84. The maximum absolute atomic E-state index is 14.1. The van der Waals surface area contributed by atoms with Gasteiger partial charge in [-0.1, -0.05) is 11.6 Å². The summed E-state index contributed by atoms with van der Waals surface area (Å²) in [5, 5.41) is 14.0. The summed E-state index contributed by atoms with van der Waals surface area (Å²) in [7, 11) is 0. The van der Waals surface area contributed by atoms with E-state index in [-0.39, 0.29) is 23.3 Å². The molecular formula is C15H9ClFN5O. The van der Waals surface area contributed by atoms with Crippen LogP contribution in [0.4, 0.5) is 4.39 Å². The fourth-order valence-corrected chi connectivity index (χ4v) is 2.47. The molecule has 0 spiro atoms. The first-order chi connectivity index (χ1) is 11.0. The Labute approximate surface area is 134 Å². The highest BCUT2D eigenvalue weighted by Crippen LogP contribution is 2.22. The fourth-order valence-electron chi connectivity index (χ4n) is 2.30. The predicted molar refractivity (Wildman–Crippen MR) is 81.3 cm³/mol. The molecule has 2 aromatic heterocycles. The highest BCUT2D eigenvalue weighted by atomic mass is 35.5. The number of halogens is 2. The third kappa shape index (κ3) is 2.72. The maximum atomic E-state index is 14.1. The van der Waals surface area contributed by atoms with E-state index in [1.165, 1.54) is 23.1 Å². The Bertz CT molecular complexity index is 976. The van der Waals surface area contributed by atoms with E-state index in [2.05, 4.69) is 10.1 Å². The normalized spacial score (nSPS) is 10.7. The minimum atomic E-state index is -0.742. The molecule has 0 fully saturated rings. The molecular weight excluding hydrogens is 321 g/mol. The first-order valence-electron chi connectivity index (χ1n) is 6.49. The lowest BCUT2D eigenvalue weighted by atomic mass is 10.1. The van der Waals surface area contributed by atoms with Crippen molar-refractivity contribution in [3.63, 3.8) is 0 Å². The van der Waals surface area contributed by atoms with Gasteiger partial charge < -0.3 is 5.73 Å². The van der Waals surface area contributed by atoms with Crippen LogP contribution in [0.2, 0.25) is 5.02 Å². The lowest BCUT2D eigenvalue weighted by Gasteiger charge is -2.07. The van der Waals surface area contributed by atoms with E-state index in [1.54, 1.807) is 12.1 Å². The first kappa shape index (κ1) is 14.9. The van der Waals surface area contributed by atoms with Crippen LogP contribution >= 0.6 is 11.6 Å². The summed E-state index contributed by atoms with van der Waals surface area (Å²) in [6.07, 6.45) is 2.59. The number of aromatic nitrogens is 3. The van der Waals surface area contributed by atoms with Gasteiger partial charge in [0.15, 0.2) is 5.69 Å². The van der Waals surface area contributed by atoms with E-state index in [0.717, 1.165) is 0 Å². The lowest BCUT2D eigenvalue weighted by molar-refractivity contribution is 0.1000. The Kier molecular flexibility index (Phi) is 3.68. The molecule has 0 aliphatic carbocycles. The number of pyridine rings is 1. The van der Waals surface area contributed by atoms with Crippen molar-refractivity contribution >= 4 is 28.4 Å². The third-order valence-electron chi connectivity index (χ3n) is 3.31. The van der Waals surface area contributed by atoms with Gasteiger partial charge in [0, 0.05) is 11.6 Å². The molecule has 8 heteroatoms. The number of rotatable bonds is 3. The van der Waals surface area contributed by atoms with Gasteiger partial charge in [0.1, 0.15) is 17.4 Å². The standard InChI is InChI=1S/C15H9ClFN5O/c16-10-3-9-1-8(2-12(17)14(9)20-5-10)7-22-13(4-18)11(6-21-22)15(19)23/h1-3,5-6H,7H2,(H2,19,23). The zero-order valence-corrected chi connectivity index (χ0v) is 12.4. The molecule has 3 aromatic rings. The highest BCUT2D eigenvalue weighted by Gasteiger charge is 2.15. The second kappa shape index (κ2) is 5.66. The molecule has 0 radical (unpaired) electrons. The van der Waals surface area contributed by atoms with Crippen molar-refractivity contribution in [1.29, 1.82) is 5.26 Å². The zero-order chi connectivity index (χ0) is 16.6. The summed E-state index contributed by atoms with van der Waals surface area (Å²) < 4.78 is 15.4. The Balaban J connectivity index is 2.06.